The van der Waals surface area contributed by atoms with Crippen LogP contribution in [-0.2, 0) is 0 Å². The van der Waals surface area contributed by atoms with E-state index in [9.17, 15) is 0 Å². The minimum atomic E-state index is 0.736. The molecule has 88 valence electrons. The van der Waals surface area contributed by atoms with Gasteiger partial charge in [-0.15, -0.1) is 0 Å². The van der Waals surface area contributed by atoms with Crippen molar-refractivity contribution in [3.05, 3.63) is 76.7 Å². The molecule has 1 aliphatic heterocycles. The summed E-state index contributed by atoms with van der Waals surface area (Å²) in [6, 6.07) is 11.8. The van der Waals surface area contributed by atoms with Gasteiger partial charge in [0.05, 0.1) is 5.70 Å². The number of allylic oxidation sites excluding steroid dienone is 2. The van der Waals surface area contributed by atoms with Crippen LogP contribution in [0.25, 0.3) is 5.57 Å². The lowest BCUT2D eigenvalue weighted by Gasteiger charge is -2.08. The molecule has 0 aliphatic carbocycles. The Kier molecular flexibility index (Phi) is 2.87. The maximum absolute atomic E-state index is 5.93. The van der Waals surface area contributed by atoms with E-state index in [1.165, 1.54) is 0 Å². The highest BCUT2D eigenvalue weighted by atomic mass is 35.5. The van der Waals surface area contributed by atoms with Gasteiger partial charge in [0, 0.05) is 28.7 Å². The van der Waals surface area contributed by atoms with Crippen LogP contribution in [0.1, 0.15) is 11.3 Å². The first kappa shape index (κ1) is 11.1. The monoisotopic (exact) mass is 254 g/mol. The van der Waals surface area contributed by atoms with Gasteiger partial charge in [0.2, 0.25) is 0 Å². The summed E-state index contributed by atoms with van der Waals surface area (Å²) in [5.41, 5.74) is 4.19. The van der Waals surface area contributed by atoms with E-state index in [2.05, 4.69) is 9.98 Å². The molecule has 0 amide bonds. The van der Waals surface area contributed by atoms with Crippen molar-refractivity contribution in [2.45, 2.75) is 0 Å². The number of H-pyrrole nitrogens is 1. The van der Waals surface area contributed by atoms with Gasteiger partial charge in [-0.3, -0.25) is 4.99 Å². The fourth-order valence-electron chi connectivity index (χ4n) is 1.99. The number of halogens is 1. The maximum atomic E-state index is 5.93. The van der Waals surface area contributed by atoms with Crippen LogP contribution < -0.4 is 0 Å². The third-order valence-electron chi connectivity index (χ3n) is 2.81. The Balaban J connectivity index is 2.18. The molecule has 0 fully saturated rings. The lowest BCUT2D eigenvalue weighted by molar-refractivity contribution is 1.32. The molecule has 2 nitrogen and oxygen atoms in total. The molecule has 0 saturated heterocycles. The van der Waals surface area contributed by atoms with Crippen molar-refractivity contribution in [1.29, 1.82) is 0 Å². The van der Waals surface area contributed by atoms with Crippen LogP contribution in [0.5, 0.6) is 0 Å². The number of nitrogens with one attached hydrogen (secondary N) is 1. The van der Waals surface area contributed by atoms with Crippen molar-refractivity contribution in [2.75, 3.05) is 0 Å². The summed E-state index contributed by atoms with van der Waals surface area (Å²) in [5, 5.41) is 0.736. The Labute approximate surface area is 110 Å². The summed E-state index contributed by atoms with van der Waals surface area (Å²) < 4.78 is 0. The number of aromatic amines is 1. The van der Waals surface area contributed by atoms with Crippen LogP contribution in [0.3, 0.4) is 0 Å². The smallest absolute Gasteiger partial charge is 0.0729 e. The number of rotatable bonds is 2. The number of benzene rings is 1. The quantitative estimate of drug-likeness (QED) is 0.837. The van der Waals surface area contributed by atoms with E-state index in [1.807, 2.05) is 54.7 Å². The SMILES string of the molecule is Clc1ccc(/C(=C2/C=CC=N2)c2ccc[nH]2)cc1. The highest BCUT2D eigenvalue weighted by molar-refractivity contribution is 6.30. The Bertz CT molecular complexity index is 618. The largest absolute Gasteiger partial charge is 0.361 e. The van der Waals surface area contributed by atoms with Gasteiger partial charge >= 0.3 is 0 Å². The zero-order valence-electron chi connectivity index (χ0n) is 9.60. The summed E-state index contributed by atoms with van der Waals surface area (Å²) >= 11 is 5.93. The van der Waals surface area contributed by atoms with Gasteiger partial charge in [-0.05, 0) is 42.0 Å². The molecule has 0 unspecified atom stereocenters. The number of aromatic nitrogens is 1. The average Bonchev–Trinajstić information content (AvgIpc) is 3.06. The zero-order valence-corrected chi connectivity index (χ0v) is 10.4. The van der Waals surface area contributed by atoms with Crippen LogP contribution in [-0.4, -0.2) is 11.2 Å². The molecule has 2 heterocycles. The number of hydrogen-bond donors (Lipinski definition) is 1. The van der Waals surface area contributed by atoms with Crippen molar-refractivity contribution in [3.8, 4) is 0 Å². The predicted octanol–water partition coefficient (Wildman–Crippen LogP) is 4.07. The minimum Gasteiger partial charge on any atom is -0.361 e. The molecule has 0 bridgehead atoms. The molecule has 1 aromatic heterocycles. The van der Waals surface area contributed by atoms with Crippen molar-refractivity contribution in [2.24, 2.45) is 4.99 Å². The third-order valence-corrected chi connectivity index (χ3v) is 3.06. The number of nitrogens with zero attached hydrogens (tertiary/aromatic N) is 1. The van der Waals surface area contributed by atoms with Crippen molar-refractivity contribution >= 4 is 23.4 Å². The molecule has 1 aromatic carbocycles. The summed E-state index contributed by atoms with van der Waals surface area (Å²) in [5.74, 6) is 0. The normalized spacial score (nSPS) is 16.3. The summed E-state index contributed by atoms with van der Waals surface area (Å²) in [4.78, 5) is 7.61. The Hall–Kier alpha value is -2.06. The predicted molar refractivity (Wildman–Crippen MR) is 75.9 cm³/mol. The lowest BCUT2D eigenvalue weighted by atomic mass is 10.0. The van der Waals surface area contributed by atoms with Gasteiger partial charge < -0.3 is 4.98 Å². The highest BCUT2D eigenvalue weighted by Crippen LogP contribution is 2.29. The van der Waals surface area contributed by atoms with Gasteiger partial charge in [-0.1, -0.05) is 23.7 Å². The van der Waals surface area contributed by atoms with E-state index in [0.717, 1.165) is 27.6 Å². The first-order valence-corrected chi connectivity index (χ1v) is 6.07. The summed E-state index contributed by atoms with van der Waals surface area (Å²) in [6.07, 6.45) is 7.65. The molecule has 2 aromatic rings. The Morgan fingerprint density at radius 1 is 1.11 bits per heavy atom. The number of aliphatic imine (C=N–C) groups is 1. The second-order valence-corrected chi connectivity index (χ2v) is 4.42. The van der Waals surface area contributed by atoms with E-state index >= 15 is 0 Å². The van der Waals surface area contributed by atoms with E-state index in [0.29, 0.717) is 0 Å². The Morgan fingerprint density at radius 3 is 2.56 bits per heavy atom. The van der Waals surface area contributed by atoms with Crippen LogP contribution in [0, 0.1) is 0 Å². The van der Waals surface area contributed by atoms with E-state index < -0.39 is 0 Å². The molecule has 18 heavy (non-hydrogen) atoms. The summed E-state index contributed by atoms with van der Waals surface area (Å²) in [6.45, 7) is 0. The van der Waals surface area contributed by atoms with Gasteiger partial charge in [0.25, 0.3) is 0 Å². The van der Waals surface area contributed by atoms with E-state index in [-0.39, 0.29) is 0 Å². The van der Waals surface area contributed by atoms with Gasteiger partial charge in [-0.2, -0.15) is 0 Å². The molecule has 0 saturated carbocycles. The van der Waals surface area contributed by atoms with Crippen LogP contribution in [0.15, 0.2) is 65.4 Å². The second-order valence-electron chi connectivity index (χ2n) is 3.99. The zero-order chi connectivity index (χ0) is 12.4. The Morgan fingerprint density at radius 2 is 1.94 bits per heavy atom. The fraction of sp³-hybridized carbons (Fsp3) is 0. The molecule has 3 heteroatoms. The molecule has 1 aliphatic rings. The maximum Gasteiger partial charge on any atom is 0.0729 e. The topological polar surface area (TPSA) is 28.1 Å². The van der Waals surface area contributed by atoms with E-state index in [4.69, 9.17) is 11.6 Å². The molecule has 0 radical (unpaired) electrons. The first-order chi connectivity index (χ1) is 8.84. The average molecular weight is 255 g/mol. The van der Waals surface area contributed by atoms with Crippen molar-refractivity contribution in [1.82, 2.24) is 4.98 Å². The summed E-state index contributed by atoms with van der Waals surface area (Å²) in [7, 11) is 0. The molecular formula is C15H11ClN2. The van der Waals surface area contributed by atoms with Gasteiger partial charge in [0.15, 0.2) is 0 Å². The standard InChI is InChI=1S/C15H11ClN2/c16-12-7-5-11(6-8-12)15(13-3-1-9-17-13)14-4-2-10-18-14/h1-10,17H/b15-14+. The van der Waals surface area contributed by atoms with Gasteiger partial charge in [-0.25, -0.2) is 0 Å². The molecule has 3 rings (SSSR count). The van der Waals surface area contributed by atoms with Crippen molar-refractivity contribution in [3.63, 3.8) is 0 Å². The van der Waals surface area contributed by atoms with Crippen LogP contribution in [0.2, 0.25) is 5.02 Å². The van der Waals surface area contributed by atoms with Gasteiger partial charge in [0.1, 0.15) is 0 Å². The van der Waals surface area contributed by atoms with Crippen LogP contribution >= 0.6 is 11.6 Å². The van der Waals surface area contributed by atoms with Crippen LogP contribution in [0.4, 0.5) is 0 Å². The fourth-order valence-corrected chi connectivity index (χ4v) is 2.12. The molecule has 0 spiro atoms. The molecule has 1 N–H and O–H groups in total. The second kappa shape index (κ2) is 4.67. The molecular weight excluding hydrogens is 244 g/mol. The minimum absolute atomic E-state index is 0.736. The molecule has 0 atom stereocenters. The number of hydrogen-bond acceptors (Lipinski definition) is 1. The third kappa shape index (κ3) is 2.03. The lowest BCUT2D eigenvalue weighted by Crippen LogP contribution is -1.91. The first-order valence-electron chi connectivity index (χ1n) is 5.69. The highest BCUT2D eigenvalue weighted by Gasteiger charge is 2.11. The van der Waals surface area contributed by atoms with E-state index in [1.54, 1.807) is 6.21 Å². The van der Waals surface area contributed by atoms with Crippen molar-refractivity contribution < 1.29 is 0 Å².